The smallest absolute Gasteiger partial charge is 0.342 e. The van der Waals surface area contributed by atoms with Crippen LogP contribution in [0.4, 0.5) is 0 Å². The highest BCUT2D eigenvalue weighted by Gasteiger charge is 2.22. The minimum atomic E-state index is -0.731. The molecule has 0 aliphatic carbocycles. The lowest BCUT2D eigenvalue weighted by molar-refractivity contribution is 0.0482. The molecule has 0 atom stereocenters. The van der Waals surface area contributed by atoms with E-state index in [-0.39, 0.29) is 23.5 Å². The molecule has 1 N–H and O–H groups in total. The fourth-order valence-corrected chi connectivity index (χ4v) is 1.30. The lowest BCUT2D eigenvalue weighted by Gasteiger charge is -2.09. The van der Waals surface area contributed by atoms with Crippen LogP contribution in [0.1, 0.15) is 34.1 Å². The number of phenols is 1. The normalized spacial score (nSPS) is 9.76. The molecule has 1 rings (SSSR count). The van der Waals surface area contributed by atoms with E-state index >= 15 is 0 Å². The molecular formula is C12H14O5. The van der Waals surface area contributed by atoms with Crippen LogP contribution in [0.5, 0.6) is 5.75 Å². The van der Waals surface area contributed by atoms with Gasteiger partial charge in [-0.15, -0.1) is 0 Å². The van der Waals surface area contributed by atoms with Crippen LogP contribution in [0, 0.1) is 0 Å². The third-order valence-electron chi connectivity index (χ3n) is 2.09. The van der Waals surface area contributed by atoms with Crippen LogP contribution in [0.2, 0.25) is 0 Å². The van der Waals surface area contributed by atoms with Gasteiger partial charge in [-0.3, -0.25) is 0 Å². The molecule has 0 unspecified atom stereocenters. The van der Waals surface area contributed by atoms with Crippen molar-refractivity contribution < 1.29 is 24.2 Å². The molecule has 0 aliphatic rings. The molecule has 0 aromatic heterocycles. The Morgan fingerprint density at radius 2 is 2.00 bits per heavy atom. The Balaban J connectivity index is 3.11. The first kappa shape index (κ1) is 13.0. The van der Waals surface area contributed by atoms with E-state index in [0.29, 0.717) is 6.42 Å². The number of aromatic hydroxyl groups is 1. The summed E-state index contributed by atoms with van der Waals surface area (Å²) in [6, 6.07) is 4.17. The molecule has 17 heavy (non-hydrogen) atoms. The van der Waals surface area contributed by atoms with Gasteiger partial charge in [0, 0.05) is 0 Å². The van der Waals surface area contributed by atoms with Crippen LogP contribution < -0.4 is 0 Å². The number of rotatable bonds is 4. The number of carbonyl (C=O) groups is 2. The fraction of sp³-hybridized carbons (Fsp3) is 0.333. The third-order valence-corrected chi connectivity index (χ3v) is 2.09. The van der Waals surface area contributed by atoms with Gasteiger partial charge in [-0.2, -0.15) is 0 Å². The molecule has 0 bridgehead atoms. The molecular weight excluding hydrogens is 224 g/mol. The number of esters is 2. The van der Waals surface area contributed by atoms with E-state index in [0.717, 1.165) is 0 Å². The standard InChI is InChI=1S/C12H14O5/c1-3-7-17-12(15)10-8(11(14)16-2)5-4-6-9(10)13/h4-6,13H,3,7H2,1-2H3. The summed E-state index contributed by atoms with van der Waals surface area (Å²) in [6.45, 7) is 2.08. The molecule has 0 saturated carbocycles. The summed E-state index contributed by atoms with van der Waals surface area (Å²) < 4.78 is 9.42. The van der Waals surface area contributed by atoms with Crippen molar-refractivity contribution in [1.29, 1.82) is 0 Å². The van der Waals surface area contributed by atoms with Crippen LogP contribution in [-0.4, -0.2) is 30.8 Å². The van der Waals surface area contributed by atoms with Crippen molar-refractivity contribution in [1.82, 2.24) is 0 Å². The van der Waals surface area contributed by atoms with Gasteiger partial charge in [0.05, 0.1) is 19.3 Å². The van der Waals surface area contributed by atoms with Gasteiger partial charge in [0.25, 0.3) is 0 Å². The summed E-state index contributed by atoms with van der Waals surface area (Å²) in [7, 11) is 1.20. The first-order valence-electron chi connectivity index (χ1n) is 5.19. The molecule has 1 aromatic carbocycles. The molecule has 0 aliphatic heterocycles. The first-order valence-corrected chi connectivity index (χ1v) is 5.19. The maximum absolute atomic E-state index is 11.7. The van der Waals surface area contributed by atoms with E-state index in [1.165, 1.54) is 25.3 Å². The van der Waals surface area contributed by atoms with Gasteiger partial charge < -0.3 is 14.6 Å². The highest BCUT2D eigenvalue weighted by atomic mass is 16.5. The molecule has 0 spiro atoms. The quantitative estimate of drug-likeness (QED) is 0.809. The zero-order valence-corrected chi connectivity index (χ0v) is 9.73. The van der Waals surface area contributed by atoms with E-state index < -0.39 is 11.9 Å². The third kappa shape index (κ3) is 2.96. The SMILES string of the molecule is CCCOC(=O)c1c(O)cccc1C(=O)OC. The molecule has 0 amide bonds. The summed E-state index contributed by atoms with van der Waals surface area (Å²) >= 11 is 0. The zero-order chi connectivity index (χ0) is 12.8. The summed E-state index contributed by atoms with van der Waals surface area (Å²) in [4.78, 5) is 23.1. The lowest BCUT2D eigenvalue weighted by Crippen LogP contribution is -2.13. The van der Waals surface area contributed by atoms with Crippen LogP contribution in [0.25, 0.3) is 0 Å². The Labute approximate surface area is 99.0 Å². The monoisotopic (exact) mass is 238 g/mol. The summed E-state index contributed by atoms with van der Waals surface area (Å²) in [5.41, 5.74) is -0.165. The molecule has 1 aromatic rings. The Hall–Kier alpha value is -2.04. The maximum Gasteiger partial charge on any atom is 0.342 e. The average molecular weight is 238 g/mol. The molecule has 0 saturated heterocycles. The van der Waals surface area contributed by atoms with Crippen molar-refractivity contribution >= 4 is 11.9 Å². The average Bonchev–Trinajstić information content (AvgIpc) is 2.34. The van der Waals surface area contributed by atoms with Crippen LogP contribution >= 0.6 is 0 Å². The number of hydrogen-bond acceptors (Lipinski definition) is 5. The van der Waals surface area contributed by atoms with E-state index in [1.807, 2.05) is 6.92 Å². The van der Waals surface area contributed by atoms with Crippen molar-refractivity contribution in [2.45, 2.75) is 13.3 Å². The highest BCUT2D eigenvalue weighted by Crippen LogP contribution is 2.22. The first-order chi connectivity index (χ1) is 8.11. The van der Waals surface area contributed by atoms with Gasteiger partial charge in [-0.1, -0.05) is 13.0 Å². The van der Waals surface area contributed by atoms with Gasteiger partial charge in [0.15, 0.2) is 0 Å². The lowest BCUT2D eigenvalue weighted by atomic mass is 10.1. The number of carbonyl (C=O) groups excluding carboxylic acids is 2. The van der Waals surface area contributed by atoms with Crippen LogP contribution in [0.15, 0.2) is 18.2 Å². The second kappa shape index (κ2) is 5.89. The van der Waals surface area contributed by atoms with Crippen molar-refractivity contribution in [2.24, 2.45) is 0 Å². The summed E-state index contributed by atoms with van der Waals surface area (Å²) in [5, 5.41) is 9.60. The van der Waals surface area contributed by atoms with E-state index in [9.17, 15) is 14.7 Å². The van der Waals surface area contributed by atoms with Gasteiger partial charge >= 0.3 is 11.9 Å². The zero-order valence-electron chi connectivity index (χ0n) is 9.73. The van der Waals surface area contributed by atoms with Crippen LogP contribution in [-0.2, 0) is 9.47 Å². The Kier molecular flexibility index (Phi) is 4.51. The van der Waals surface area contributed by atoms with Gasteiger partial charge in [0.2, 0.25) is 0 Å². The highest BCUT2D eigenvalue weighted by molar-refractivity contribution is 6.05. The second-order valence-electron chi connectivity index (χ2n) is 3.33. The summed E-state index contributed by atoms with van der Waals surface area (Å²) in [5.74, 6) is -1.72. The Bertz CT molecular complexity index is 425. The number of ether oxygens (including phenoxy) is 2. The largest absolute Gasteiger partial charge is 0.507 e. The molecule has 92 valence electrons. The minimum absolute atomic E-state index is 0.00592. The number of phenolic OH excluding ortho intramolecular Hbond substituents is 1. The van der Waals surface area contributed by atoms with Gasteiger partial charge in [0.1, 0.15) is 11.3 Å². The van der Waals surface area contributed by atoms with Crippen molar-refractivity contribution in [2.75, 3.05) is 13.7 Å². The molecule has 0 radical (unpaired) electrons. The predicted molar refractivity (Wildman–Crippen MR) is 60.0 cm³/mol. The van der Waals surface area contributed by atoms with E-state index in [2.05, 4.69) is 4.74 Å². The fourth-order valence-electron chi connectivity index (χ4n) is 1.30. The predicted octanol–water partition coefficient (Wildman–Crippen LogP) is 1.75. The molecule has 0 heterocycles. The summed E-state index contributed by atoms with van der Waals surface area (Å²) in [6.07, 6.45) is 0.660. The second-order valence-corrected chi connectivity index (χ2v) is 3.33. The maximum atomic E-state index is 11.7. The van der Waals surface area contributed by atoms with Crippen molar-refractivity contribution in [3.05, 3.63) is 29.3 Å². The van der Waals surface area contributed by atoms with E-state index in [1.54, 1.807) is 0 Å². The topological polar surface area (TPSA) is 72.8 Å². The molecule has 5 nitrogen and oxygen atoms in total. The Morgan fingerprint density at radius 1 is 1.29 bits per heavy atom. The van der Waals surface area contributed by atoms with Gasteiger partial charge in [-0.25, -0.2) is 9.59 Å². The van der Waals surface area contributed by atoms with Crippen molar-refractivity contribution in [3.8, 4) is 5.75 Å². The number of benzene rings is 1. The number of methoxy groups -OCH3 is 1. The molecule has 5 heteroatoms. The van der Waals surface area contributed by atoms with Crippen molar-refractivity contribution in [3.63, 3.8) is 0 Å². The van der Waals surface area contributed by atoms with E-state index in [4.69, 9.17) is 4.74 Å². The molecule has 0 fully saturated rings. The Morgan fingerprint density at radius 3 is 2.59 bits per heavy atom. The van der Waals surface area contributed by atoms with Gasteiger partial charge in [-0.05, 0) is 18.6 Å². The number of hydrogen-bond donors (Lipinski definition) is 1. The van der Waals surface area contributed by atoms with Crippen LogP contribution in [0.3, 0.4) is 0 Å². The minimum Gasteiger partial charge on any atom is -0.507 e.